The smallest absolute Gasteiger partial charge is 0.262 e. The minimum Gasteiger partial charge on any atom is -0.326 e. The van der Waals surface area contributed by atoms with Gasteiger partial charge in [0.15, 0.2) is 5.17 Å². The maximum absolute atomic E-state index is 13.5. The maximum atomic E-state index is 13.5. The van der Waals surface area contributed by atoms with E-state index in [0.29, 0.717) is 22.8 Å². The van der Waals surface area contributed by atoms with E-state index in [9.17, 15) is 14.0 Å². The molecule has 0 saturated carbocycles. The number of hydrazone groups is 1. The summed E-state index contributed by atoms with van der Waals surface area (Å²) in [6.07, 6.45) is 0.642. The first-order chi connectivity index (χ1) is 17.0. The minimum atomic E-state index is -0.640. The van der Waals surface area contributed by atoms with Crippen molar-refractivity contribution in [2.75, 3.05) is 5.32 Å². The van der Waals surface area contributed by atoms with Gasteiger partial charge in [0.05, 0.1) is 11.8 Å². The molecule has 2 atom stereocenters. The van der Waals surface area contributed by atoms with Crippen LogP contribution in [-0.4, -0.2) is 33.0 Å². The average molecular weight is 487 g/mol. The van der Waals surface area contributed by atoms with E-state index in [1.807, 2.05) is 65.7 Å². The lowest BCUT2D eigenvalue weighted by Gasteiger charge is -2.23. The summed E-state index contributed by atoms with van der Waals surface area (Å²) < 4.78 is 13.5. The number of benzene rings is 3. The Kier molecular flexibility index (Phi) is 6.46. The highest BCUT2D eigenvalue weighted by Gasteiger charge is 2.39. The van der Waals surface area contributed by atoms with Crippen molar-refractivity contribution in [1.82, 2.24) is 5.01 Å². The van der Waals surface area contributed by atoms with E-state index >= 15 is 0 Å². The predicted molar refractivity (Wildman–Crippen MR) is 137 cm³/mol. The molecular formula is C27H23FN4O2S. The third-order valence-electron chi connectivity index (χ3n) is 5.94. The van der Waals surface area contributed by atoms with Crippen molar-refractivity contribution < 1.29 is 14.0 Å². The van der Waals surface area contributed by atoms with Gasteiger partial charge < -0.3 is 5.32 Å². The summed E-state index contributed by atoms with van der Waals surface area (Å²) in [6.45, 7) is 1.63. The number of hydrogen-bond acceptors (Lipinski definition) is 5. The van der Waals surface area contributed by atoms with Gasteiger partial charge in [0.25, 0.3) is 5.91 Å². The maximum Gasteiger partial charge on any atom is 0.262 e. The van der Waals surface area contributed by atoms with Crippen molar-refractivity contribution in [3.8, 4) is 0 Å². The lowest BCUT2D eigenvalue weighted by molar-refractivity contribution is -0.121. The Morgan fingerprint density at radius 2 is 1.80 bits per heavy atom. The molecule has 0 bridgehead atoms. The first kappa shape index (κ1) is 23.0. The van der Waals surface area contributed by atoms with Crippen LogP contribution < -0.4 is 5.32 Å². The van der Waals surface area contributed by atoms with Crippen LogP contribution in [0.3, 0.4) is 0 Å². The van der Waals surface area contributed by atoms with Gasteiger partial charge in [0.1, 0.15) is 11.1 Å². The fourth-order valence-corrected chi connectivity index (χ4v) is 5.20. The molecule has 35 heavy (non-hydrogen) atoms. The van der Waals surface area contributed by atoms with Crippen LogP contribution in [-0.2, 0) is 9.59 Å². The summed E-state index contributed by atoms with van der Waals surface area (Å²) in [4.78, 5) is 29.6. The zero-order valence-corrected chi connectivity index (χ0v) is 19.8. The fourth-order valence-electron chi connectivity index (χ4n) is 4.13. The molecule has 2 aliphatic rings. The van der Waals surface area contributed by atoms with Crippen molar-refractivity contribution >= 4 is 40.1 Å². The Morgan fingerprint density at radius 1 is 1.09 bits per heavy atom. The van der Waals surface area contributed by atoms with E-state index < -0.39 is 5.25 Å². The molecular weight excluding hydrogens is 463 g/mol. The number of nitrogens with one attached hydrogen (secondary N) is 1. The minimum absolute atomic E-state index is 0.0357. The molecule has 1 N–H and O–H groups in total. The second kappa shape index (κ2) is 9.84. The quantitative estimate of drug-likeness (QED) is 0.530. The van der Waals surface area contributed by atoms with Gasteiger partial charge in [0.2, 0.25) is 5.91 Å². The standard InChI is InChI=1S/C27H23FN4O2S/c1-17-14-20(12-13-21(17)28)29-25(33)16-24-26(34)30-27(35-24)32-23(19-10-6-3-7-11-19)15-22(31-32)18-8-4-2-5-9-18/h2-14,23-24H,15-16H2,1H3,(H,29,33). The summed E-state index contributed by atoms with van der Waals surface area (Å²) >= 11 is 1.25. The van der Waals surface area contributed by atoms with Gasteiger partial charge in [-0.15, -0.1) is 0 Å². The van der Waals surface area contributed by atoms with Crippen LogP contribution in [0, 0.1) is 12.7 Å². The first-order valence-electron chi connectivity index (χ1n) is 11.3. The van der Waals surface area contributed by atoms with Gasteiger partial charge in [-0.05, 0) is 41.8 Å². The summed E-state index contributed by atoms with van der Waals surface area (Å²) in [6, 6.07) is 24.2. The third-order valence-corrected chi connectivity index (χ3v) is 7.08. The number of carbonyl (C=O) groups is 2. The van der Waals surface area contributed by atoms with Crippen molar-refractivity contribution in [2.45, 2.75) is 31.1 Å². The van der Waals surface area contributed by atoms with Crippen molar-refractivity contribution in [3.05, 3.63) is 101 Å². The zero-order chi connectivity index (χ0) is 24.4. The number of amidine groups is 1. The van der Waals surface area contributed by atoms with Gasteiger partial charge in [-0.2, -0.15) is 10.1 Å². The van der Waals surface area contributed by atoms with Crippen LogP contribution in [0.4, 0.5) is 10.1 Å². The van der Waals surface area contributed by atoms with Crippen LogP contribution in [0.1, 0.15) is 35.6 Å². The number of aryl methyl sites for hydroxylation is 1. The van der Waals surface area contributed by atoms with E-state index in [1.165, 1.54) is 23.9 Å². The highest BCUT2D eigenvalue weighted by molar-refractivity contribution is 8.15. The van der Waals surface area contributed by atoms with Crippen molar-refractivity contribution in [3.63, 3.8) is 0 Å². The first-order valence-corrected chi connectivity index (χ1v) is 12.2. The summed E-state index contributed by atoms with van der Waals surface area (Å²) in [5, 5.41) is 9.24. The molecule has 0 radical (unpaired) electrons. The lowest BCUT2D eigenvalue weighted by atomic mass is 9.99. The SMILES string of the molecule is Cc1cc(NC(=O)CC2SC(N3N=C(c4ccccc4)CC3c3ccccc3)=NC2=O)ccc1F. The average Bonchev–Trinajstić information content (AvgIpc) is 3.47. The zero-order valence-electron chi connectivity index (χ0n) is 19.0. The normalized spacial score (nSPS) is 19.5. The topological polar surface area (TPSA) is 74.1 Å². The van der Waals surface area contributed by atoms with Crippen LogP contribution in [0.2, 0.25) is 0 Å². The second-order valence-corrected chi connectivity index (χ2v) is 9.61. The number of aliphatic imine (C=N–C) groups is 1. The molecule has 3 aromatic carbocycles. The van der Waals surface area contributed by atoms with Gasteiger partial charge in [-0.3, -0.25) is 9.59 Å². The molecule has 0 aliphatic carbocycles. The van der Waals surface area contributed by atoms with E-state index in [4.69, 9.17) is 5.10 Å². The third kappa shape index (κ3) is 5.02. The monoisotopic (exact) mass is 486 g/mol. The number of halogens is 1. The molecule has 0 saturated heterocycles. The number of carbonyl (C=O) groups excluding carboxylic acids is 2. The fraction of sp³-hybridized carbons (Fsp3) is 0.185. The van der Waals surface area contributed by atoms with E-state index in [2.05, 4.69) is 10.3 Å². The summed E-state index contributed by atoms with van der Waals surface area (Å²) in [7, 11) is 0. The molecule has 6 nitrogen and oxygen atoms in total. The van der Waals surface area contributed by atoms with Gasteiger partial charge in [-0.1, -0.05) is 72.4 Å². The van der Waals surface area contributed by atoms with Crippen LogP contribution in [0.25, 0.3) is 0 Å². The van der Waals surface area contributed by atoms with Gasteiger partial charge >= 0.3 is 0 Å². The Labute approximate surface area is 207 Å². The number of hydrogen-bond donors (Lipinski definition) is 1. The molecule has 3 aromatic rings. The molecule has 2 aliphatic heterocycles. The molecule has 0 fully saturated rings. The van der Waals surface area contributed by atoms with Crippen molar-refractivity contribution in [2.24, 2.45) is 10.1 Å². The largest absolute Gasteiger partial charge is 0.326 e. The van der Waals surface area contributed by atoms with Crippen LogP contribution in [0.5, 0.6) is 0 Å². The Balaban J connectivity index is 1.32. The molecule has 2 heterocycles. The number of rotatable bonds is 5. The Morgan fingerprint density at radius 3 is 2.51 bits per heavy atom. The molecule has 0 spiro atoms. The van der Waals surface area contributed by atoms with E-state index in [1.54, 1.807) is 13.0 Å². The Bertz CT molecular complexity index is 1330. The molecule has 5 rings (SSSR count). The highest BCUT2D eigenvalue weighted by atomic mass is 32.2. The number of amides is 2. The molecule has 0 aromatic heterocycles. The van der Waals surface area contributed by atoms with Gasteiger partial charge in [-0.25, -0.2) is 9.40 Å². The second-order valence-electron chi connectivity index (χ2n) is 8.44. The lowest BCUT2D eigenvalue weighted by Crippen LogP contribution is -2.25. The van der Waals surface area contributed by atoms with Crippen LogP contribution in [0.15, 0.2) is 89.0 Å². The summed E-state index contributed by atoms with van der Waals surface area (Å²) in [5.41, 5.74) is 3.95. The van der Waals surface area contributed by atoms with Crippen LogP contribution >= 0.6 is 11.8 Å². The molecule has 2 unspecified atom stereocenters. The molecule has 2 amide bonds. The molecule has 8 heteroatoms. The summed E-state index contributed by atoms with van der Waals surface area (Å²) in [5.74, 6) is -1.02. The van der Waals surface area contributed by atoms with Gasteiger partial charge in [0, 0.05) is 18.5 Å². The highest BCUT2D eigenvalue weighted by Crippen LogP contribution is 2.38. The number of thioether (sulfide) groups is 1. The number of anilines is 1. The number of nitrogens with zero attached hydrogens (tertiary/aromatic N) is 3. The predicted octanol–water partition coefficient (Wildman–Crippen LogP) is 5.31. The molecule has 176 valence electrons. The van der Waals surface area contributed by atoms with Crippen molar-refractivity contribution in [1.29, 1.82) is 0 Å². The Hall–Kier alpha value is -3.78. The van der Waals surface area contributed by atoms with E-state index in [-0.39, 0.29) is 30.1 Å². The van der Waals surface area contributed by atoms with E-state index in [0.717, 1.165) is 16.8 Å².